The molecular weight excluding hydrogens is 288 g/mol. The highest BCUT2D eigenvalue weighted by Crippen LogP contribution is 2.13. The fourth-order valence-corrected chi connectivity index (χ4v) is 3.19. The van der Waals surface area contributed by atoms with E-state index in [1.165, 1.54) is 24.1 Å². The quantitative estimate of drug-likeness (QED) is 0.653. The van der Waals surface area contributed by atoms with Gasteiger partial charge in [0.25, 0.3) is 0 Å². The van der Waals surface area contributed by atoms with Gasteiger partial charge < -0.3 is 15.5 Å². The molecule has 0 radical (unpaired) electrons. The molecule has 2 rings (SSSR count). The second-order valence-corrected chi connectivity index (χ2v) is 6.75. The molecule has 2 heterocycles. The zero-order valence-electron chi connectivity index (χ0n) is 15.5. The molecule has 1 saturated heterocycles. The first-order valence-corrected chi connectivity index (χ1v) is 8.62. The molecule has 0 unspecified atom stereocenters. The molecule has 2 N–H and O–H groups in total. The number of hydrogen-bond acceptors (Lipinski definition) is 3. The first-order valence-electron chi connectivity index (χ1n) is 8.62. The van der Waals surface area contributed by atoms with Crippen LogP contribution in [0.25, 0.3) is 0 Å². The van der Waals surface area contributed by atoms with E-state index in [9.17, 15) is 0 Å². The molecule has 1 aromatic heterocycles. The molecular formula is C17H32N6. The summed E-state index contributed by atoms with van der Waals surface area (Å²) in [7, 11) is 3.82. The summed E-state index contributed by atoms with van der Waals surface area (Å²) in [5.74, 6) is 0.885. The van der Waals surface area contributed by atoms with Crippen LogP contribution >= 0.6 is 0 Å². The van der Waals surface area contributed by atoms with Gasteiger partial charge in [-0.15, -0.1) is 0 Å². The van der Waals surface area contributed by atoms with Crippen molar-refractivity contribution in [1.82, 2.24) is 25.3 Å². The normalized spacial score (nSPS) is 17.8. The molecule has 1 aliphatic heterocycles. The number of guanidine groups is 1. The molecule has 0 atom stereocenters. The van der Waals surface area contributed by atoms with Crippen LogP contribution in [0.1, 0.15) is 43.6 Å². The second-order valence-electron chi connectivity index (χ2n) is 6.75. The minimum absolute atomic E-state index is 0.507. The van der Waals surface area contributed by atoms with Crippen molar-refractivity contribution in [3.8, 4) is 0 Å². The number of piperidine rings is 1. The lowest BCUT2D eigenvalue weighted by Crippen LogP contribution is -2.49. The number of rotatable bonds is 4. The van der Waals surface area contributed by atoms with E-state index in [1.54, 1.807) is 0 Å². The number of aryl methyl sites for hydroxylation is 2. The highest BCUT2D eigenvalue weighted by molar-refractivity contribution is 5.80. The topological polar surface area (TPSA) is 57.5 Å². The Bertz CT molecular complexity index is 538. The molecule has 1 aromatic rings. The van der Waals surface area contributed by atoms with E-state index in [4.69, 9.17) is 0 Å². The van der Waals surface area contributed by atoms with Crippen molar-refractivity contribution in [3.63, 3.8) is 0 Å². The number of aliphatic imine (C=N–C) groups is 1. The fourth-order valence-electron chi connectivity index (χ4n) is 3.19. The molecule has 6 nitrogen and oxygen atoms in total. The van der Waals surface area contributed by atoms with E-state index in [0.717, 1.165) is 31.3 Å². The number of nitrogens with zero attached hydrogens (tertiary/aromatic N) is 4. The molecule has 0 bridgehead atoms. The fraction of sp³-hybridized carbons (Fsp3) is 0.765. The number of hydrogen-bond donors (Lipinski definition) is 2. The van der Waals surface area contributed by atoms with Gasteiger partial charge in [0.2, 0.25) is 0 Å². The second kappa shape index (κ2) is 7.81. The Morgan fingerprint density at radius 3 is 2.43 bits per heavy atom. The van der Waals surface area contributed by atoms with Crippen molar-refractivity contribution < 1.29 is 0 Å². The minimum Gasteiger partial charge on any atom is -0.354 e. The lowest BCUT2D eigenvalue weighted by Gasteiger charge is -2.35. The molecule has 1 fully saturated rings. The van der Waals surface area contributed by atoms with Gasteiger partial charge in [0, 0.05) is 57.1 Å². The van der Waals surface area contributed by atoms with Gasteiger partial charge in [-0.3, -0.25) is 9.67 Å². The van der Waals surface area contributed by atoms with Crippen LogP contribution in [0, 0.1) is 13.8 Å². The Hall–Kier alpha value is -1.56. The van der Waals surface area contributed by atoms with Crippen molar-refractivity contribution in [2.45, 2.75) is 59.2 Å². The summed E-state index contributed by atoms with van der Waals surface area (Å²) in [6.45, 7) is 11.8. The third-order valence-electron chi connectivity index (χ3n) is 4.92. The number of nitrogens with one attached hydrogen (secondary N) is 2. The van der Waals surface area contributed by atoms with Crippen LogP contribution in [0.15, 0.2) is 4.99 Å². The highest BCUT2D eigenvalue weighted by atomic mass is 15.3. The molecule has 0 aromatic carbocycles. The summed E-state index contributed by atoms with van der Waals surface area (Å²) in [4.78, 5) is 6.91. The highest BCUT2D eigenvalue weighted by Gasteiger charge is 2.21. The number of likely N-dealkylation sites (tertiary alicyclic amines) is 1. The van der Waals surface area contributed by atoms with Crippen LogP contribution < -0.4 is 10.6 Å². The predicted molar refractivity (Wildman–Crippen MR) is 95.7 cm³/mol. The Kier molecular flexibility index (Phi) is 6.04. The van der Waals surface area contributed by atoms with E-state index in [2.05, 4.69) is 53.3 Å². The van der Waals surface area contributed by atoms with Gasteiger partial charge in [-0.05, 0) is 40.5 Å². The van der Waals surface area contributed by atoms with Crippen molar-refractivity contribution in [3.05, 3.63) is 17.0 Å². The van der Waals surface area contributed by atoms with Crippen molar-refractivity contribution in [1.29, 1.82) is 0 Å². The maximum absolute atomic E-state index is 4.47. The monoisotopic (exact) mass is 320 g/mol. The van der Waals surface area contributed by atoms with Gasteiger partial charge in [0.15, 0.2) is 5.96 Å². The van der Waals surface area contributed by atoms with E-state index in [1.807, 2.05) is 18.8 Å². The van der Waals surface area contributed by atoms with Gasteiger partial charge >= 0.3 is 0 Å². The van der Waals surface area contributed by atoms with E-state index < -0.39 is 0 Å². The average molecular weight is 320 g/mol. The van der Waals surface area contributed by atoms with E-state index in [0.29, 0.717) is 12.1 Å². The van der Waals surface area contributed by atoms with Gasteiger partial charge in [-0.25, -0.2) is 0 Å². The Labute approximate surface area is 140 Å². The minimum atomic E-state index is 0.507. The Morgan fingerprint density at radius 2 is 1.96 bits per heavy atom. The summed E-state index contributed by atoms with van der Waals surface area (Å²) in [6, 6.07) is 1.15. The zero-order chi connectivity index (χ0) is 17.0. The Balaban J connectivity index is 1.85. The summed E-state index contributed by atoms with van der Waals surface area (Å²) >= 11 is 0. The molecule has 0 saturated carbocycles. The van der Waals surface area contributed by atoms with Crippen LogP contribution in [0.2, 0.25) is 0 Å². The summed E-state index contributed by atoms with van der Waals surface area (Å²) in [5, 5.41) is 11.5. The first kappa shape index (κ1) is 17.8. The Morgan fingerprint density at radius 1 is 1.30 bits per heavy atom. The molecule has 0 amide bonds. The zero-order valence-corrected chi connectivity index (χ0v) is 15.5. The molecule has 1 aliphatic rings. The summed E-state index contributed by atoms with van der Waals surface area (Å²) < 4.78 is 1.93. The summed E-state index contributed by atoms with van der Waals surface area (Å²) in [6.07, 6.45) is 2.34. The maximum Gasteiger partial charge on any atom is 0.191 e. The molecule has 6 heteroatoms. The first-order chi connectivity index (χ1) is 10.9. The third-order valence-corrected chi connectivity index (χ3v) is 4.92. The van der Waals surface area contributed by atoms with Gasteiger partial charge in [-0.1, -0.05) is 0 Å². The average Bonchev–Trinajstić information content (AvgIpc) is 2.77. The number of aromatic nitrogens is 2. The third kappa shape index (κ3) is 4.47. The van der Waals surface area contributed by atoms with Crippen LogP contribution in [0.5, 0.6) is 0 Å². The standard InChI is InChI=1S/C17H32N6/c1-12(2)23-9-7-15(8-10-23)20-17(18-5)19-11-16-13(3)21-22(6)14(16)4/h12,15H,7-11H2,1-6H3,(H2,18,19,20). The van der Waals surface area contributed by atoms with Crippen LogP contribution in [-0.2, 0) is 13.6 Å². The van der Waals surface area contributed by atoms with Gasteiger partial charge in [-0.2, -0.15) is 5.10 Å². The van der Waals surface area contributed by atoms with E-state index in [-0.39, 0.29) is 0 Å². The van der Waals surface area contributed by atoms with E-state index >= 15 is 0 Å². The predicted octanol–water partition coefficient (Wildman–Crippen LogP) is 1.57. The van der Waals surface area contributed by atoms with Gasteiger partial charge in [0.1, 0.15) is 0 Å². The molecule has 0 aliphatic carbocycles. The SMILES string of the molecule is CN=C(NCc1c(C)nn(C)c1C)NC1CCN(C(C)C)CC1. The van der Waals surface area contributed by atoms with Crippen molar-refractivity contribution in [2.75, 3.05) is 20.1 Å². The largest absolute Gasteiger partial charge is 0.354 e. The van der Waals surface area contributed by atoms with Crippen LogP contribution in [-0.4, -0.2) is 52.9 Å². The molecule has 130 valence electrons. The van der Waals surface area contributed by atoms with Gasteiger partial charge in [0.05, 0.1) is 5.69 Å². The lowest BCUT2D eigenvalue weighted by molar-refractivity contribution is 0.167. The maximum atomic E-state index is 4.47. The molecule has 23 heavy (non-hydrogen) atoms. The van der Waals surface area contributed by atoms with Crippen LogP contribution in [0.4, 0.5) is 0 Å². The lowest BCUT2D eigenvalue weighted by atomic mass is 10.0. The van der Waals surface area contributed by atoms with Crippen molar-refractivity contribution >= 4 is 5.96 Å². The van der Waals surface area contributed by atoms with Crippen LogP contribution in [0.3, 0.4) is 0 Å². The van der Waals surface area contributed by atoms with Crippen molar-refractivity contribution in [2.24, 2.45) is 12.0 Å². The smallest absolute Gasteiger partial charge is 0.191 e. The summed E-state index contributed by atoms with van der Waals surface area (Å²) in [5.41, 5.74) is 3.54. The molecule has 0 spiro atoms.